The van der Waals surface area contributed by atoms with Crippen LogP contribution < -0.4 is 0 Å². The van der Waals surface area contributed by atoms with Crippen molar-refractivity contribution in [2.75, 3.05) is 6.61 Å². The normalized spacial score (nSPS) is 12.3. The standard InChI is InChI=1S/C14H17BrO3/c1-9(2)8-18-14(17)10(3)13(16)11-6-4-5-7-12(11)15/h4-7,9,13,16H,3,8H2,1-2H3. The van der Waals surface area contributed by atoms with Crippen molar-refractivity contribution in [2.24, 2.45) is 5.92 Å². The van der Waals surface area contributed by atoms with Crippen LogP contribution in [0, 0.1) is 5.92 Å². The molecule has 0 fully saturated rings. The molecular formula is C14H17BrO3. The molecule has 3 nitrogen and oxygen atoms in total. The molecular weight excluding hydrogens is 296 g/mol. The highest BCUT2D eigenvalue weighted by Gasteiger charge is 2.21. The fraction of sp³-hybridized carbons (Fsp3) is 0.357. The topological polar surface area (TPSA) is 46.5 Å². The van der Waals surface area contributed by atoms with Gasteiger partial charge in [-0.1, -0.05) is 54.6 Å². The van der Waals surface area contributed by atoms with Gasteiger partial charge in [-0.15, -0.1) is 0 Å². The molecule has 0 aliphatic heterocycles. The molecule has 1 aromatic carbocycles. The van der Waals surface area contributed by atoms with E-state index in [-0.39, 0.29) is 11.5 Å². The molecule has 0 aliphatic carbocycles. The van der Waals surface area contributed by atoms with Crippen molar-refractivity contribution in [3.63, 3.8) is 0 Å². The van der Waals surface area contributed by atoms with Gasteiger partial charge in [0.1, 0.15) is 6.10 Å². The molecule has 0 heterocycles. The number of benzene rings is 1. The van der Waals surface area contributed by atoms with Crippen LogP contribution in [0.3, 0.4) is 0 Å². The van der Waals surface area contributed by atoms with Crippen LogP contribution in [0.4, 0.5) is 0 Å². The van der Waals surface area contributed by atoms with Crippen LogP contribution >= 0.6 is 15.9 Å². The van der Waals surface area contributed by atoms with Gasteiger partial charge in [-0.3, -0.25) is 0 Å². The highest BCUT2D eigenvalue weighted by molar-refractivity contribution is 9.10. The fourth-order valence-electron chi connectivity index (χ4n) is 1.33. The molecule has 4 heteroatoms. The highest BCUT2D eigenvalue weighted by Crippen LogP contribution is 2.28. The molecule has 1 atom stereocenters. The van der Waals surface area contributed by atoms with Gasteiger partial charge < -0.3 is 9.84 Å². The Bertz CT molecular complexity index is 440. The maximum Gasteiger partial charge on any atom is 0.336 e. The SMILES string of the molecule is C=C(C(=O)OCC(C)C)C(O)c1ccccc1Br. The minimum atomic E-state index is -1.06. The second-order valence-corrected chi connectivity index (χ2v) is 5.30. The summed E-state index contributed by atoms with van der Waals surface area (Å²) in [6.45, 7) is 7.81. The lowest BCUT2D eigenvalue weighted by atomic mass is 10.0. The number of hydrogen-bond donors (Lipinski definition) is 1. The van der Waals surface area contributed by atoms with Gasteiger partial charge >= 0.3 is 5.97 Å². The monoisotopic (exact) mass is 312 g/mol. The van der Waals surface area contributed by atoms with Crippen molar-refractivity contribution in [3.8, 4) is 0 Å². The highest BCUT2D eigenvalue weighted by atomic mass is 79.9. The molecule has 18 heavy (non-hydrogen) atoms. The van der Waals surface area contributed by atoms with Crippen molar-refractivity contribution >= 4 is 21.9 Å². The van der Waals surface area contributed by atoms with E-state index >= 15 is 0 Å². The largest absolute Gasteiger partial charge is 0.462 e. The zero-order chi connectivity index (χ0) is 13.7. The summed E-state index contributed by atoms with van der Waals surface area (Å²) in [6, 6.07) is 7.15. The van der Waals surface area contributed by atoms with Gasteiger partial charge in [-0.2, -0.15) is 0 Å². The minimum Gasteiger partial charge on any atom is -0.462 e. The predicted octanol–water partition coefficient (Wildman–Crippen LogP) is 3.24. The van der Waals surface area contributed by atoms with Crippen molar-refractivity contribution < 1.29 is 14.6 Å². The maximum absolute atomic E-state index is 11.7. The van der Waals surface area contributed by atoms with Crippen LogP contribution in [-0.2, 0) is 9.53 Å². The summed E-state index contributed by atoms with van der Waals surface area (Å²) in [7, 11) is 0. The third-order valence-corrected chi connectivity index (χ3v) is 3.06. The van der Waals surface area contributed by atoms with E-state index in [1.54, 1.807) is 18.2 Å². The van der Waals surface area contributed by atoms with Gasteiger partial charge in [0.05, 0.1) is 12.2 Å². The number of ether oxygens (including phenoxy) is 1. The van der Waals surface area contributed by atoms with Crippen LogP contribution in [0.25, 0.3) is 0 Å². The van der Waals surface area contributed by atoms with Gasteiger partial charge in [0.2, 0.25) is 0 Å². The van der Waals surface area contributed by atoms with Crippen LogP contribution in [0.1, 0.15) is 25.5 Å². The Morgan fingerprint density at radius 1 is 1.44 bits per heavy atom. The summed E-state index contributed by atoms with van der Waals surface area (Å²) in [4.78, 5) is 11.7. The Hall–Kier alpha value is -1.13. The maximum atomic E-state index is 11.7. The zero-order valence-electron chi connectivity index (χ0n) is 10.5. The van der Waals surface area contributed by atoms with E-state index < -0.39 is 12.1 Å². The summed E-state index contributed by atoms with van der Waals surface area (Å²) in [5, 5.41) is 10.1. The first-order valence-electron chi connectivity index (χ1n) is 5.72. The fourth-order valence-corrected chi connectivity index (χ4v) is 1.83. The van der Waals surface area contributed by atoms with Crippen LogP contribution in [-0.4, -0.2) is 17.7 Å². The lowest BCUT2D eigenvalue weighted by Gasteiger charge is -2.15. The second-order valence-electron chi connectivity index (χ2n) is 4.44. The third-order valence-electron chi connectivity index (χ3n) is 2.34. The molecule has 0 spiro atoms. The van der Waals surface area contributed by atoms with Gasteiger partial charge in [0, 0.05) is 4.47 Å². The quantitative estimate of drug-likeness (QED) is 0.670. The molecule has 0 aliphatic rings. The predicted molar refractivity (Wildman–Crippen MR) is 74.0 cm³/mol. The lowest BCUT2D eigenvalue weighted by molar-refractivity contribution is -0.141. The Balaban J connectivity index is 2.72. The van der Waals surface area contributed by atoms with Gasteiger partial charge in [-0.05, 0) is 17.5 Å². The number of hydrogen-bond acceptors (Lipinski definition) is 3. The number of halogens is 1. The first-order valence-corrected chi connectivity index (χ1v) is 6.51. The number of aliphatic hydroxyl groups is 1. The summed E-state index contributed by atoms with van der Waals surface area (Å²) in [6.07, 6.45) is -1.06. The first-order chi connectivity index (χ1) is 8.43. The molecule has 1 rings (SSSR count). The Morgan fingerprint density at radius 2 is 2.06 bits per heavy atom. The average Bonchev–Trinajstić information content (AvgIpc) is 2.34. The van der Waals surface area contributed by atoms with E-state index in [9.17, 15) is 9.90 Å². The number of esters is 1. The van der Waals surface area contributed by atoms with E-state index in [1.807, 2.05) is 19.9 Å². The van der Waals surface area contributed by atoms with Crippen LogP contribution in [0.15, 0.2) is 40.9 Å². The Morgan fingerprint density at radius 3 is 2.61 bits per heavy atom. The van der Waals surface area contributed by atoms with E-state index in [0.29, 0.717) is 12.2 Å². The van der Waals surface area contributed by atoms with Gasteiger partial charge in [-0.25, -0.2) is 4.79 Å². The number of carbonyl (C=O) groups is 1. The molecule has 0 saturated heterocycles. The van der Waals surface area contributed by atoms with Gasteiger partial charge in [0.15, 0.2) is 0 Å². The van der Waals surface area contributed by atoms with Crippen LogP contribution in [0.2, 0.25) is 0 Å². The van der Waals surface area contributed by atoms with E-state index in [1.165, 1.54) is 0 Å². The minimum absolute atomic E-state index is 0.0440. The Kier molecular flexibility index (Phi) is 5.56. The van der Waals surface area contributed by atoms with E-state index in [4.69, 9.17) is 4.74 Å². The molecule has 1 aromatic rings. The average molecular weight is 313 g/mol. The summed E-state index contributed by atoms with van der Waals surface area (Å²) < 4.78 is 5.77. The number of carbonyl (C=O) groups excluding carboxylic acids is 1. The van der Waals surface area contributed by atoms with Crippen molar-refractivity contribution in [2.45, 2.75) is 20.0 Å². The van der Waals surface area contributed by atoms with Crippen molar-refractivity contribution in [1.29, 1.82) is 0 Å². The molecule has 1 N–H and O–H groups in total. The summed E-state index contributed by atoms with van der Waals surface area (Å²) in [5.74, 6) is -0.311. The molecule has 0 aromatic heterocycles. The van der Waals surface area contributed by atoms with Crippen molar-refractivity contribution in [3.05, 3.63) is 46.5 Å². The summed E-state index contributed by atoms with van der Waals surface area (Å²) in [5.41, 5.74) is 0.645. The zero-order valence-corrected chi connectivity index (χ0v) is 12.1. The van der Waals surface area contributed by atoms with Crippen molar-refractivity contribution in [1.82, 2.24) is 0 Å². The third kappa shape index (κ3) is 3.96. The molecule has 0 radical (unpaired) electrons. The molecule has 0 bridgehead atoms. The lowest BCUT2D eigenvalue weighted by Crippen LogP contribution is -2.16. The van der Waals surface area contributed by atoms with Gasteiger partial charge in [0.25, 0.3) is 0 Å². The molecule has 1 unspecified atom stereocenters. The van der Waals surface area contributed by atoms with E-state index in [2.05, 4.69) is 22.5 Å². The molecule has 98 valence electrons. The second kappa shape index (κ2) is 6.71. The summed E-state index contributed by atoms with van der Waals surface area (Å²) >= 11 is 3.32. The molecule has 0 amide bonds. The number of aliphatic hydroxyl groups excluding tert-OH is 1. The smallest absolute Gasteiger partial charge is 0.336 e. The Labute approximate surface area is 116 Å². The van der Waals surface area contributed by atoms with E-state index in [0.717, 1.165) is 4.47 Å². The number of rotatable bonds is 5. The first kappa shape index (κ1) is 14.9. The molecule has 0 saturated carbocycles. The van der Waals surface area contributed by atoms with Crippen LogP contribution in [0.5, 0.6) is 0 Å².